The van der Waals surface area contributed by atoms with Crippen LogP contribution in [0.5, 0.6) is 0 Å². The Morgan fingerprint density at radius 1 is 1.30 bits per heavy atom. The van der Waals surface area contributed by atoms with E-state index < -0.39 is 5.97 Å². The van der Waals surface area contributed by atoms with Crippen LogP contribution < -0.4 is 5.32 Å². The van der Waals surface area contributed by atoms with Crippen LogP contribution in [0.3, 0.4) is 0 Å². The highest BCUT2D eigenvalue weighted by atomic mass is 16.4. The summed E-state index contributed by atoms with van der Waals surface area (Å²) in [5, 5.41) is 11.8. The van der Waals surface area contributed by atoms with Crippen LogP contribution in [-0.4, -0.2) is 52.0 Å². The molecule has 3 heterocycles. The Morgan fingerprint density at radius 3 is 2.85 bits per heavy atom. The first-order valence-electron chi connectivity index (χ1n) is 6.89. The highest BCUT2D eigenvalue weighted by molar-refractivity contribution is 5.94. The predicted octanol–water partition coefficient (Wildman–Crippen LogP) is 0.746. The summed E-state index contributed by atoms with van der Waals surface area (Å²) in [6.45, 7) is 2.17. The van der Waals surface area contributed by atoms with E-state index in [-0.39, 0.29) is 23.2 Å². The number of nitrogens with one attached hydrogen (secondary N) is 1. The molecule has 2 saturated heterocycles. The monoisotopic (exact) mass is 275 g/mol. The van der Waals surface area contributed by atoms with Crippen molar-refractivity contribution in [2.45, 2.75) is 31.3 Å². The number of nitrogens with zero attached hydrogens (tertiary/aromatic N) is 2. The van der Waals surface area contributed by atoms with E-state index in [0.29, 0.717) is 6.04 Å². The summed E-state index contributed by atoms with van der Waals surface area (Å²) in [6.07, 6.45) is 4.52. The maximum absolute atomic E-state index is 12.1. The first-order chi connectivity index (χ1) is 9.65. The molecular formula is C14H17N3O3. The molecule has 0 aliphatic carbocycles. The van der Waals surface area contributed by atoms with Crippen LogP contribution in [0, 0.1) is 0 Å². The number of fused-ring (bicyclic) bond motifs is 1. The van der Waals surface area contributed by atoms with Gasteiger partial charge in [-0.2, -0.15) is 0 Å². The van der Waals surface area contributed by atoms with Crippen molar-refractivity contribution in [3.63, 3.8) is 0 Å². The molecule has 2 aliphatic rings. The molecule has 2 fully saturated rings. The number of rotatable bonds is 3. The second-order valence-electron chi connectivity index (χ2n) is 5.35. The topological polar surface area (TPSA) is 82.5 Å². The fraction of sp³-hybridized carbons (Fsp3) is 0.500. The molecule has 2 N–H and O–H groups in total. The molecule has 6 heteroatoms. The first-order valence-corrected chi connectivity index (χ1v) is 6.89. The average molecular weight is 275 g/mol. The Hall–Kier alpha value is -1.95. The van der Waals surface area contributed by atoms with Crippen molar-refractivity contribution in [2.24, 2.45) is 0 Å². The molecule has 1 aromatic rings. The lowest BCUT2D eigenvalue weighted by Crippen LogP contribution is -2.42. The van der Waals surface area contributed by atoms with Gasteiger partial charge in [-0.3, -0.25) is 14.7 Å². The number of pyridine rings is 1. The number of carbonyl (C=O) groups excluding carboxylic acids is 1. The van der Waals surface area contributed by atoms with Gasteiger partial charge in [-0.05, 0) is 37.9 Å². The molecule has 0 bridgehead atoms. The summed E-state index contributed by atoms with van der Waals surface area (Å²) in [5.74, 6) is -1.26. The molecule has 2 unspecified atom stereocenters. The van der Waals surface area contributed by atoms with Crippen LogP contribution in [0.15, 0.2) is 18.3 Å². The number of hydrogen-bond acceptors (Lipinski definition) is 4. The second kappa shape index (κ2) is 5.20. The Labute approximate surface area is 116 Å². The molecule has 2 aliphatic heterocycles. The number of aromatic nitrogens is 1. The van der Waals surface area contributed by atoms with Gasteiger partial charge in [0.2, 0.25) is 0 Å². The van der Waals surface area contributed by atoms with Gasteiger partial charge in [0, 0.05) is 24.8 Å². The fourth-order valence-electron chi connectivity index (χ4n) is 3.15. The zero-order chi connectivity index (χ0) is 14.1. The number of hydrogen-bond donors (Lipinski definition) is 2. The molecule has 20 heavy (non-hydrogen) atoms. The Kier molecular flexibility index (Phi) is 3.40. The van der Waals surface area contributed by atoms with Crippen molar-refractivity contribution in [2.75, 3.05) is 13.1 Å². The molecular weight excluding hydrogens is 258 g/mol. The van der Waals surface area contributed by atoms with E-state index in [1.165, 1.54) is 24.8 Å². The molecule has 6 nitrogen and oxygen atoms in total. The Morgan fingerprint density at radius 2 is 2.15 bits per heavy atom. The molecule has 3 rings (SSSR count). The van der Waals surface area contributed by atoms with Crippen LogP contribution in [0.4, 0.5) is 0 Å². The summed E-state index contributed by atoms with van der Waals surface area (Å²) >= 11 is 0. The summed E-state index contributed by atoms with van der Waals surface area (Å²) in [6, 6.07) is 3.50. The fourth-order valence-corrected chi connectivity index (χ4v) is 3.15. The molecule has 106 valence electrons. The number of aromatic carboxylic acids is 1. The standard InChI is InChI=1S/C14H17N3O3/c18-13(11-4-3-9(8-15-11)14(19)20)16-10-5-7-17-6-1-2-12(10)17/h3-4,8,10,12H,1-2,5-7H2,(H,16,18)(H,19,20). The quantitative estimate of drug-likeness (QED) is 0.850. The summed E-state index contributed by atoms with van der Waals surface area (Å²) < 4.78 is 0. The van der Waals surface area contributed by atoms with Gasteiger partial charge >= 0.3 is 5.97 Å². The number of carboxylic acids is 1. The van der Waals surface area contributed by atoms with Gasteiger partial charge in [-0.1, -0.05) is 0 Å². The second-order valence-corrected chi connectivity index (χ2v) is 5.35. The lowest BCUT2D eigenvalue weighted by atomic mass is 10.1. The number of amides is 1. The van der Waals surface area contributed by atoms with Crippen molar-refractivity contribution < 1.29 is 14.7 Å². The molecule has 0 aromatic carbocycles. The molecule has 0 radical (unpaired) electrons. The van der Waals surface area contributed by atoms with E-state index in [2.05, 4.69) is 15.2 Å². The van der Waals surface area contributed by atoms with Crippen molar-refractivity contribution in [1.29, 1.82) is 0 Å². The lowest BCUT2D eigenvalue weighted by Gasteiger charge is -2.21. The van der Waals surface area contributed by atoms with Gasteiger partial charge in [0.15, 0.2) is 0 Å². The minimum Gasteiger partial charge on any atom is -0.478 e. The normalized spacial score (nSPS) is 25.4. The SMILES string of the molecule is O=C(O)c1ccc(C(=O)NC2CCN3CCCC23)nc1. The van der Waals surface area contributed by atoms with E-state index >= 15 is 0 Å². The molecule has 0 saturated carbocycles. The van der Waals surface area contributed by atoms with E-state index in [1.807, 2.05) is 0 Å². The smallest absolute Gasteiger partial charge is 0.337 e. The highest BCUT2D eigenvalue weighted by Crippen LogP contribution is 2.27. The van der Waals surface area contributed by atoms with Crippen LogP contribution in [0.2, 0.25) is 0 Å². The predicted molar refractivity (Wildman–Crippen MR) is 71.7 cm³/mol. The minimum atomic E-state index is -1.04. The third-order valence-corrected chi connectivity index (χ3v) is 4.17. The van der Waals surface area contributed by atoms with Gasteiger partial charge < -0.3 is 10.4 Å². The largest absolute Gasteiger partial charge is 0.478 e. The van der Waals surface area contributed by atoms with E-state index in [9.17, 15) is 9.59 Å². The molecule has 1 amide bonds. The van der Waals surface area contributed by atoms with Gasteiger partial charge in [0.1, 0.15) is 5.69 Å². The van der Waals surface area contributed by atoms with Crippen molar-refractivity contribution in [3.8, 4) is 0 Å². The van der Waals surface area contributed by atoms with E-state index in [0.717, 1.165) is 25.9 Å². The maximum Gasteiger partial charge on any atom is 0.337 e. The third kappa shape index (κ3) is 2.38. The van der Waals surface area contributed by atoms with Gasteiger partial charge in [-0.15, -0.1) is 0 Å². The van der Waals surface area contributed by atoms with Gasteiger partial charge in [-0.25, -0.2) is 4.79 Å². The van der Waals surface area contributed by atoms with Gasteiger partial charge in [0.05, 0.1) is 5.56 Å². The van der Waals surface area contributed by atoms with E-state index in [1.54, 1.807) is 0 Å². The Bertz CT molecular complexity index is 529. The molecule has 0 spiro atoms. The lowest BCUT2D eigenvalue weighted by molar-refractivity contribution is 0.0695. The third-order valence-electron chi connectivity index (χ3n) is 4.17. The number of carboxylic acid groups (broad SMARTS) is 1. The van der Waals surface area contributed by atoms with Crippen molar-refractivity contribution in [1.82, 2.24) is 15.2 Å². The summed E-state index contributed by atoms with van der Waals surface area (Å²) in [4.78, 5) is 29.2. The van der Waals surface area contributed by atoms with Crippen molar-refractivity contribution >= 4 is 11.9 Å². The molecule has 1 aromatic heterocycles. The summed E-state index contributed by atoms with van der Waals surface area (Å²) in [7, 11) is 0. The zero-order valence-electron chi connectivity index (χ0n) is 11.1. The Balaban J connectivity index is 1.65. The molecule has 2 atom stereocenters. The minimum absolute atomic E-state index is 0.0874. The maximum atomic E-state index is 12.1. The summed E-state index contributed by atoms with van der Waals surface area (Å²) in [5.41, 5.74) is 0.357. The van der Waals surface area contributed by atoms with Crippen LogP contribution >= 0.6 is 0 Å². The van der Waals surface area contributed by atoms with E-state index in [4.69, 9.17) is 5.11 Å². The number of carbonyl (C=O) groups is 2. The van der Waals surface area contributed by atoms with Crippen LogP contribution in [0.1, 0.15) is 40.1 Å². The zero-order valence-corrected chi connectivity index (χ0v) is 11.1. The van der Waals surface area contributed by atoms with Crippen molar-refractivity contribution in [3.05, 3.63) is 29.6 Å². The van der Waals surface area contributed by atoms with Gasteiger partial charge in [0.25, 0.3) is 5.91 Å². The van der Waals surface area contributed by atoms with Crippen LogP contribution in [0.25, 0.3) is 0 Å². The van der Waals surface area contributed by atoms with Crippen LogP contribution in [-0.2, 0) is 0 Å². The highest BCUT2D eigenvalue weighted by Gasteiger charge is 2.37. The first kappa shape index (κ1) is 13.1. The average Bonchev–Trinajstić information content (AvgIpc) is 3.04.